The SMILES string of the molecule is C[C@@H](Br)C(=O)N[C@@H](Cc1ccccc1)C(=O)O. The van der Waals surface area contributed by atoms with Crippen LogP contribution in [0.15, 0.2) is 30.3 Å². The molecule has 0 heterocycles. The Kier molecular flexibility index (Phi) is 5.15. The molecule has 0 saturated carbocycles. The Hall–Kier alpha value is -1.36. The molecule has 1 amide bonds. The topological polar surface area (TPSA) is 66.4 Å². The number of amides is 1. The van der Waals surface area contributed by atoms with Crippen LogP contribution in [0.1, 0.15) is 12.5 Å². The van der Waals surface area contributed by atoms with Gasteiger partial charge in [0, 0.05) is 6.42 Å². The van der Waals surface area contributed by atoms with Crippen LogP contribution in [0.4, 0.5) is 0 Å². The highest BCUT2D eigenvalue weighted by atomic mass is 79.9. The Bertz CT molecular complexity index is 392. The lowest BCUT2D eigenvalue weighted by Gasteiger charge is -2.15. The van der Waals surface area contributed by atoms with E-state index in [9.17, 15) is 9.59 Å². The number of rotatable bonds is 5. The van der Waals surface area contributed by atoms with Gasteiger partial charge in [-0.05, 0) is 12.5 Å². The number of benzene rings is 1. The predicted molar refractivity (Wildman–Crippen MR) is 68.1 cm³/mol. The molecule has 0 fully saturated rings. The van der Waals surface area contributed by atoms with E-state index in [4.69, 9.17) is 5.11 Å². The molecule has 92 valence electrons. The second-order valence-corrected chi connectivity index (χ2v) is 5.08. The van der Waals surface area contributed by atoms with E-state index in [1.54, 1.807) is 6.92 Å². The highest BCUT2D eigenvalue weighted by molar-refractivity contribution is 9.10. The molecule has 1 rings (SSSR count). The van der Waals surface area contributed by atoms with Gasteiger partial charge in [-0.2, -0.15) is 0 Å². The number of carboxylic acids is 1. The number of carbonyl (C=O) groups excluding carboxylic acids is 1. The van der Waals surface area contributed by atoms with Crippen LogP contribution in [0.25, 0.3) is 0 Å². The van der Waals surface area contributed by atoms with Gasteiger partial charge in [0.05, 0.1) is 4.83 Å². The van der Waals surface area contributed by atoms with E-state index in [1.807, 2.05) is 30.3 Å². The Morgan fingerprint density at radius 3 is 2.41 bits per heavy atom. The maximum Gasteiger partial charge on any atom is 0.326 e. The molecular formula is C12H14BrNO3. The molecular weight excluding hydrogens is 286 g/mol. The number of carboxylic acid groups (broad SMARTS) is 1. The van der Waals surface area contributed by atoms with Gasteiger partial charge in [-0.3, -0.25) is 4.79 Å². The van der Waals surface area contributed by atoms with Crippen molar-refractivity contribution in [3.8, 4) is 0 Å². The van der Waals surface area contributed by atoms with Crippen LogP contribution in [0, 0.1) is 0 Å². The lowest BCUT2D eigenvalue weighted by Crippen LogP contribution is -2.44. The van der Waals surface area contributed by atoms with Crippen LogP contribution in [-0.4, -0.2) is 27.9 Å². The van der Waals surface area contributed by atoms with Crippen molar-refractivity contribution in [3.63, 3.8) is 0 Å². The molecule has 2 atom stereocenters. The van der Waals surface area contributed by atoms with E-state index in [1.165, 1.54) is 0 Å². The summed E-state index contributed by atoms with van der Waals surface area (Å²) < 4.78 is 0. The number of alkyl halides is 1. The average Bonchev–Trinajstić information content (AvgIpc) is 2.29. The first-order chi connectivity index (χ1) is 8.00. The molecule has 1 aromatic carbocycles. The number of halogens is 1. The first-order valence-electron chi connectivity index (χ1n) is 5.22. The fourth-order valence-electron chi connectivity index (χ4n) is 1.34. The summed E-state index contributed by atoms with van der Waals surface area (Å²) >= 11 is 3.10. The normalized spacial score (nSPS) is 13.8. The van der Waals surface area contributed by atoms with E-state index in [-0.39, 0.29) is 12.3 Å². The number of hydrogen-bond donors (Lipinski definition) is 2. The number of hydrogen-bond acceptors (Lipinski definition) is 2. The summed E-state index contributed by atoms with van der Waals surface area (Å²) in [7, 11) is 0. The van der Waals surface area contributed by atoms with Gasteiger partial charge in [0.1, 0.15) is 6.04 Å². The van der Waals surface area contributed by atoms with Gasteiger partial charge >= 0.3 is 5.97 Å². The van der Waals surface area contributed by atoms with Crippen molar-refractivity contribution in [2.75, 3.05) is 0 Å². The van der Waals surface area contributed by atoms with Gasteiger partial charge < -0.3 is 10.4 Å². The first-order valence-corrected chi connectivity index (χ1v) is 6.13. The number of aliphatic carboxylic acids is 1. The fourth-order valence-corrected chi connectivity index (χ4v) is 1.47. The summed E-state index contributed by atoms with van der Waals surface area (Å²) in [5.74, 6) is -1.36. The van der Waals surface area contributed by atoms with Crippen molar-refractivity contribution in [3.05, 3.63) is 35.9 Å². The Morgan fingerprint density at radius 2 is 1.94 bits per heavy atom. The minimum absolute atomic E-state index is 0.279. The summed E-state index contributed by atoms with van der Waals surface area (Å²) in [6.07, 6.45) is 0.279. The molecule has 0 spiro atoms. The summed E-state index contributed by atoms with van der Waals surface area (Å²) in [5.41, 5.74) is 0.877. The highest BCUT2D eigenvalue weighted by Crippen LogP contribution is 2.05. The van der Waals surface area contributed by atoms with Crippen molar-refractivity contribution < 1.29 is 14.7 Å². The highest BCUT2D eigenvalue weighted by Gasteiger charge is 2.21. The molecule has 0 bridgehead atoms. The Morgan fingerprint density at radius 1 is 1.35 bits per heavy atom. The van der Waals surface area contributed by atoms with Gasteiger partial charge in [-0.25, -0.2) is 4.79 Å². The maximum absolute atomic E-state index is 11.4. The third-order valence-electron chi connectivity index (χ3n) is 2.26. The molecule has 2 N–H and O–H groups in total. The smallest absolute Gasteiger partial charge is 0.326 e. The standard InChI is InChI=1S/C12H14BrNO3/c1-8(13)11(15)14-10(12(16)17)7-9-5-3-2-4-6-9/h2-6,8,10H,7H2,1H3,(H,14,15)(H,16,17)/t8-,10+/m1/s1. The first kappa shape index (κ1) is 13.7. The Labute approximate surface area is 108 Å². The van der Waals surface area contributed by atoms with Crippen molar-refractivity contribution in [1.82, 2.24) is 5.32 Å². The molecule has 0 unspecified atom stereocenters. The predicted octanol–water partition coefficient (Wildman–Crippen LogP) is 1.58. The summed E-state index contributed by atoms with van der Waals surface area (Å²) in [4.78, 5) is 22.1. The van der Waals surface area contributed by atoms with E-state index < -0.39 is 16.8 Å². The monoisotopic (exact) mass is 299 g/mol. The van der Waals surface area contributed by atoms with Gasteiger partial charge in [0.2, 0.25) is 5.91 Å². The molecule has 4 nitrogen and oxygen atoms in total. The Balaban J connectivity index is 2.68. The third-order valence-corrected chi connectivity index (χ3v) is 2.67. The quantitative estimate of drug-likeness (QED) is 0.811. The van der Waals surface area contributed by atoms with Gasteiger partial charge in [-0.15, -0.1) is 0 Å². The molecule has 5 heteroatoms. The largest absolute Gasteiger partial charge is 0.480 e. The van der Waals surface area contributed by atoms with Crippen LogP contribution in [0.5, 0.6) is 0 Å². The minimum atomic E-state index is -1.03. The summed E-state index contributed by atoms with van der Waals surface area (Å²) in [5, 5.41) is 11.5. The lowest BCUT2D eigenvalue weighted by atomic mass is 10.1. The number of nitrogens with one attached hydrogen (secondary N) is 1. The van der Waals surface area contributed by atoms with Crippen LogP contribution >= 0.6 is 15.9 Å². The summed E-state index contributed by atoms with van der Waals surface area (Å²) in [6, 6.07) is 8.30. The van der Waals surface area contributed by atoms with E-state index >= 15 is 0 Å². The van der Waals surface area contributed by atoms with E-state index in [0.29, 0.717) is 0 Å². The molecule has 17 heavy (non-hydrogen) atoms. The average molecular weight is 300 g/mol. The minimum Gasteiger partial charge on any atom is -0.480 e. The van der Waals surface area contributed by atoms with Crippen molar-refractivity contribution in [2.24, 2.45) is 0 Å². The fraction of sp³-hybridized carbons (Fsp3) is 0.333. The molecule has 0 saturated heterocycles. The van der Waals surface area contributed by atoms with E-state index in [0.717, 1.165) is 5.56 Å². The van der Waals surface area contributed by atoms with Crippen molar-refractivity contribution in [2.45, 2.75) is 24.2 Å². The molecule has 0 aliphatic carbocycles. The van der Waals surface area contributed by atoms with Crippen molar-refractivity contribution >= 4 is 27.8 Å². The van der Waals surface area contributed by atoms with Crippen LogP contribution in [0.3, 0.4) is 0 Å². The molecule has 0 aromatic heterocycles. The second kappa shape index (κ2) is 6.39. The van der Waals surface area contributed by atoms with Crippen LogP contribution < -0.4 is 5.32 Å². The zero-order valence-corrected chi connectivity index (χ0v) is 11.0. The van der Waals surface area contributed by atoms with Crippen molar-refractivity contribution in [1.29, 1.82) is 0 Å². The lowest BCUT2D eigenvalue weighted by molar-refractivity contribution is -0.141. The number of carbonyl (C=O) groups is 2. The molecule has 0 aliphatic heterocycles. The van der Waals surface area contributed by atoms with Crippen LogP contribution in [0.2, 0.25) is 0 Å². The molecule has 0 radical (unpaired) electrons. The summed E-state index contributed by atoms with van der Waals surface area (Å²) in [6.45, 7) is 1.65. The molecule has 0 aliphatic rings. The van der Waals surface area contributed by atoms with Gasteiger partial charge in [-0.1, -0.05) is 46.3 Å². The van der Waals surface area contributed by atoms with Crippen LogP contribution in [-0.2, 0) is 16.0 Å². The molecule has 1 aromatic rings. The third kappa shape index (κ3) is 4.56. The second-order valence-electron chi connectivity index (χ2n) is 3.71. The zero-order chi connectivity index (χ0) is 12.8. The van der Waals surface area contributed by atoms with Gasteiger partial charge in [0.25, 0.3) is 0 Å². The zero-order valence-electron chi connectivity index (χ0n) is 9.39. The van der Waals surface area contributed by atoms with Gasteiger partial charge in [0.15, 0.2) is 0 Å². The maximum atomic E-state index is 11.4. The van der Waals surface area contributed by atoms with E-state index in [2.05, 4.69) is 21.2 Å².